The van der Waals surface area contributed by atoms with Gasteiger partial charge in [-0.25, -0.2) is 0 Å². The van der Waals surface area contributed by atoms with Crippen LogP contribution < -0.4 is 0 Å². The zero-order chi connectivity index (χ0) is 19.3. The summed E-state index contributed by atoms with van der Waals surface area (Å²) in [6.07, 6.45) is 12.0. The number of hydrogen-bond donors (Lipinski definition) is 0. The van der Waals surface area contributed by atoms with Crippen LogP contribution in [0.5, 0.6) is 0 Å². The first-order valence-electron chi connectivity index (χ1n) is 9.34. The average Bonchev–Trinajstić information content (AvgIpc) is 2.88. The van der Waals surface area contributed by atoms with Crippen LogP contribution in [0.2, 0.25) is 0 Å². The third-order valence-electron chi connectivity index (χ3n) is 5.08. The summed E-state index contributed by atoms with van der Waals surface area (Å²) >= 11 is 0. The molecule has 142 valence electrons. The quantitative estimate of drug-likeness (QED) is 0.399. The Morgan fingerprint density at radius 1 is 1.38 bits per heavy atom. The van der Waals surface area contributed by atoms with Gasteiger partial charge in [-0.05, 0) is 39.5 Å². The van der Waals surface area contributed by atoms with E-state index in [0.717, 1.165) is 19.3 Å². The van der Waals surface area contributed by atoms with Crippen molar-refractivity contribution in [3.8, 4) is 0 Å². The predicted molar refractivity (Wildman–Crippen MR) is 102 cm³/mol. The molecule has 0 spiro atoms. The molecule has 0 amide bonds. The molecule has 1 aliphatic heterocycles. The third-order valence-corrected chi connectivity index (χ3v) is 5.08. The van der Waals surface area contributed by atoms with Gasteiger partial charge in [-0.1, -0.05) is 42.4 Å². The maximum Gasteiger partial charge on any atom is 0.314 e. The van der Waals surface area contributed by atoms with E-state index < -0.39 is 11.9 Å². The third kappa shape index (κ3) is 5.20. The lowest BCUT2D eigenvalue weighted by Gasteiger charge is -2.27. The molecule has 1 saturated heterocycles. The molecule has 2 rings (SSSR count). The van der Waals surface area contributed by atoms with Crippen LogP contribution in [-0.2, 0) is 19.1 Å². The topological polar surface area (TPSA) is 52.6 Å². The highest BCUT2D eigenvalue weighted by molar-refractivity contribution is 5.80. The van der Waals surface area contributed by atoms with Gasteiger partial charge >= 0.3 is 11.9 Å². The predicted octanol–water partition coefficient (Wildman–Crippen LogP) is 4.88. The van der Waals surface area contributed by atoms with E-state index in [1.165, 1.54) is 24.3 Å². The second kappa shape index (κ2) is 9.02. The second-order valence-electron chi connectivity index (χ2n) is 7.67. The zero-order valence-electron chi connectivity index (χ0n) is 16.5. The summed E-state index contributed by atoms with van der Waals surface area (Å²) in [6, 6.07) is 0. The highest BCUT2D eigenvalue weighted by Crippen LogP contribution is 2.43. The number of allylic oxidation sites excluding steroid dienone is 5. The van der Waals surface area contributed by atoms with Gasteiger partial charge in [0, 0.05) is 24.8 Å². The molecule has 0 N–H and O–H groups in total. The van der Waals surface area contributed by atoms with E-state index in [1.807, 2.05) is 18.2 Å². The van der Waals surface area contributed by atoms with Crippen LogP contribution in [0.25, 0.3) is 0 Å². The smallest absolute Gasteiger partial charge is 0.314 e. The summed E-state index contributed by atoms with van der Waals surface area (Å²) in [7, 11) is 0. The Hall–Kier alpha value is -2.10. The molecule has 26 heavy (non-hydrogen) atoms. The Labute approximate surface area is 156 Å². The van der Waals surface area contributed by atoms with Gasteiger partial charge < -0.3 is 9.47 Å². The maximum absolute atomic E-state index is 12.7. The molecule has 1 heterocycles. The van der Waals surface area contributed by atoms with Gasteiger partial charge in [-0.3, -0.25) is 9.59 Å². The van der Waals surface area contributed by atoms with Crippen molar-refractivity contribution in [1.29, 1.82) is 0 Å². The molecular formula is C22H30O4. The minimum atomic E-state index is -0.395. The lowest BCUT2D eigenvalue weighted by atomic mass is 9.74. The van der Waals surface area contributed by atoms with E-state index in [-0.39, 0.29) is 18.0 Å². The molecular weight excluding hydrogens is 328 g/mol. The maximum atomic E-state index is 12.7. The molecule has 4 atom stereocenters. The van der Waals surface area contributed by atoms with Crippen molar-refractivity contribution in [2.45, 2.75) is 60.0 Å². The summed E-state index contributed by atoms with van der Waals surface area (Å²) < 4.78 is 10.9. The van der Waals surface area contributed by atoms with Gasteiger partial charge in [0.15, 0.2) is 0 Å². The van der Waals surface area contributed by atoms with E-state index in [2.05, 4.69) is 33.8 Å². The van der Waals surface area contributed by atoms with Crippen LogP contribution in [0, 0.1) is 17.8 Å². The van der Waals surface area contributed by atoms with Crippen LogP contribution in [-0.4, -0.2) is 18.0 Å². The first kappa shape index (κ1) is 20.2. The van der Waals surface area contributed by atoms with Crippen molar-refractivity contribution in [2.75, 3.05) is 0 Å². The number of ether oxygens (including phenoxy) is 2. The zero-order valence-corrected chi connectivity index (χ0v) is 16.5. The molecule has 4 heteroatoms. The normalized spacial score (nSPS) is 31.0. The molecule has 0 saturated carbocycles. The summed E-state index contributed by atoms with van der Waals surface area (Å²) in [5.74, 6) is -0.620. The van der Waals surface area contributed by atoms with Gasteiger partial charge in [0.25, 0.3) is 0 Å². The molecule has 4 nitrogen and oxygen atoms in total. The van der Waals surface area contributed by atoms with Crippen molar-refractivity contribution in [3.05, 3.63) is 47.3 Å². The number of fused-ring (bicyclic) bond motifs is 2. The van der Waals surface area contributed by atoms with E-state index in [9.17, 15) is 9.59 Å². The minimum Gasteiger partial charge on any atom is -0.461 e. The van der Waals surface area contributed by atoms with E-state index >= 15 is 0 Å². The number of carbonyl (C=O) groups is 2. The average molecular weight is 358 g/mol. The first-order valence-corrected chi connectivity index (χ1v) is 9.34. The number of carbonyl (C=O) groups excluding carboxylic acids is 2. The van der Waals surface area contributed by atoms with Gasteiger partial charge in [-0.15, -0.1) is 0 Å². The summed E-state index contributed by atoms with van der Waals surface area (Å²) in [5, 5.41) is 0. The van der Waals surface area contributed by atoms with Gasteiger partial charge in [0.05, 0.1) is 12.2 Å². The molecule has 0 aromatic carbocycles. The van der Waals surface area contributed by atoms with Crippen molar-refractivity contribution in [1.82, 2.24) is 0 Å². The molecule has 0 radical (unpaired) electrons. The molecule has 1 fully saturated rings. The van der Waals surface area contributed by atoms with Crippen molar-refractivity contribution in [3.63, 3.8) is 0 Å². The number of esters is 2. The fraction of sp³-hybridized carbons (Fsp3) is 0.545. The summed E-state index contributed by atoms with van der Waals surface area (Å²) in [5.41, 5.74) is 3.19. The Morgan fingerprint density at radius 3 is 2.77 bits per heavy atom. The minimum absolute atomic E-state index is 0.0703. The van der Waals surface area contributed by atoms with Crippen LogP contribution in [0.1, 0.15) is 53.9 Å². The Morgan fingerprint density at radius 2 is 2.12 bits per heavy atom. The number of hydrogen-bond acceptors (Lipinski definition) is 4. The Kier molecular flexibility index (Phi) is 7.01. The highest BCUT2D eigenvalue weighted by Gasteiger charge is 2.48. The number of rotatable bonds is 5. The first-order chi connectivity index (χ1) is 12.3. The molecule has 0 aromatic heterocycles. The van der Waals surface area contributed by atoms with Crippen LogP contribution in [0.3, 0.4) is 0 Å². The fourth-order valence-corrected chi connectivity index (χ4v) is 3.81. The molecule has 2 aliphatic rings. The van der Waals surface area contributed by atoms with Crippen molar-refractivity contribution < 1.29 is 19.1 Å². The standard InChI is InChI=1S/C22H30O4/c1-14(2)8-6-10-16(4)20-19-12-15(3)9-7-11-18(13-25-17(5)23)21(20)22(24)26-19/h7-9,11,13,16,19-21H,6,10,12H2,1-5H3/b11-7-,15-9+,18-13-/t16-,19-,20-,21+/m0/s1. The van der Waals surface area contributed by atoms with Crippen LogP contribution in [0.15, 0.2) is 47.3 Å². The van der Waals surface area contributed by atoms with Crippen LogP contribution in [0.4, 0.5) is 0 Å². The van der Waals surface area contributed by atoms with Crippen molar-refractivity contribution >= 4 is 11.9 Å². The Balaban J connectivity index is 2.34. The highest BCUT2D eigenvalue weighted by atomic mass is 16.6. The lowest BCUT2D eigenvalue weighted by Crippen LogP contribution is -2.29. The van der Waals surface area contributed by atoms with E-state index in [0.29, 0.717) is 11.5 Å². The fourth-order valence-electron chi connectivity index (χ4n) is 3.81. The summed E-state index contributed by atoms with van der Waals surface area (Å²) in [6.45, 7) is 9.79. The van der Waals surface area contributed by atoms with Crippen molar-refractivity contribution in [2.24, 2.45) is 17.8 Å². The molecule has 1 aliphatic carbocycles. The van der Waals surface area contributed by atoms with Gasteiger partial charge in [-0.2, -0.15) is 0 Å². The summed E-state index contributed by atoms with van der Waals surface area (Å²) in [4.78, 5) is 23.9. The van der Waals surface area contributed by atoms with Gasteiger partial charge in [0.2, 0.25) is 0 Å². The molecule has 2 bridgehead atoms. The second-order valence-corrected chi connectivity index (χ2v) is 7.67. The largest absolute Gasteiger partial charge is 0.461 e. The SMILES string of the molecule is CC(=O)O/C=C1/C=C\C=C(/C)C[C@@H]2OC(=O)[C@H]1[C@H]2[C@@H](C)CCC=C(C)C. The molecule has 0 aromatic rings. The van der Waals surface area contributed by atoms with Crippen LogP contribution >= 0.6 is 0 Å². The Bertz CT molecular complexity index is 662. The lowest BCUT2D eigenvalue weighted by molar-refractivity contribution is -0.143. The van der Waals surface area contributed by atoms with Gasteiger partial charge in [0.1, 0.15) is 6.10 Å². The van der Waals surface area contributed by atoms with E-state index in [1.54, 1.807) is 0 Å². The molecule has 0 unspecified atom stereocenters. The van der Waals surface area contributed by atoms with E-state index in [4.69, 9.17) is 9.47 Å². The monoisotopic (exact) mass is 358 g/mol.